The Morgan fingerprint density at radius 3 is 0.412 bits per heavy atom. The summed E-state index contributed by atoms with van der Waals surface area (Å²) in [4.78, 5) is 57.0. The zero-order valence-electron chi connectivity index (χ0n) is 7.71. The third-order valence-electron chi connectivity index (χ3n) is 0. The highest BCUT2D eigenvalue weighted by molar-refractivity contribution is 7.31. The molecule has 0 bridgehead atoms. The fourth-order valence-corrected chi connectivity index (χ4v) is 0. The summed E-state index contributed by atoms with van der Waals surface area (Å²) in [6.45, 7) is 0. The van der Waals surface area contributed by atoms with E-state index in [1.807, 2.05) is 0 Å². The van der Waals surface area contributed by atoms with Gasteiger partial charge in [0.2, 0.25) is 0 Å². The number of hydrogen-bond acceptors (Lipinski definition) is 5. The molecule has 17 heavy (non-hydrogen) atoms. The van der Waals surface area contributed by atoms with E-state index in [2.05, 4.69) is 0 Å². The average molecular weight is 341 g/mol. The second kappa shape index (κ2) is 25.0. The van der Waals surface area contributed by atoms with Crippen molar-refractivity contribution in [2.45, 2.75) is 0 Å². The summed E-state index contributed by atoms with van der Waals surface area (Å²) in [5, 5.41) is 0. The molecule has 11 N–H and O–H groups in total. The van der Waals surface area contributed by atoms with E-state index in [0.29, 0.717) is 0 Å². The summed E-state index contributed by atoms with van der Waals surface area (Å²) in [7, 11) is -11.5. The Kier molecular flexibility index (Phi) is 44.5. The number of rotatable bonds is 0. The lowest BCUT2D eigenvalue weighted by Crippen LogP contribution is -1.38. The van der Waals surface area contributed by atoms with Crippen LogP contribution in [0, 0.1) is 0 Å². The molecule has 13 nitrogen and oxygen atoms in total. The summed E-state index contributed by atoms with van der Waals surface area (Å²) >= 11 is 0. The van der Waals surface area contributed by atoms with Gasteiger partial charge in [-0.25, -0.2) is 0 Å². The fourth-order valence-electron chi connectivity index (χ4n) is 0. The fraction of sp³-hybridized carbons (Fsp3) is 0. The van der Waals surface area contributed by atoms with Gasteiger partial charge in [-0.1, -0.05) is 0 Å². The van der Waals surface area contributed by atoms with Gasteiger partial charge < -0.3 is 6.15 Å². The maximum Gasteiger partial charge on any atom is 0.692 e. The van der Waals surface area contributed by atoms with Crippen molar-refractivity contribution >= 4 is 33.0 Å². The summed E-state index contributed by atoms with van der Waals surface area (Å²) in [5.41, 5.74) is 0. The average Bonchev–Trinajstić information content (AvgIpc) is 1.76. The zero-order chi connectivity index (χ0) is 14.3. The molecule has 0 rings (SSSR count). The topological polar surface area (TPSA) is 265 Å². The molecular weight excluding hydrogens is 330 g/mol. The van der Waals surface area contributed by atoms with E-state index in [9.17, 15) is 0 Å². The van der Waals surface area contributed by atoms with Crippen molar-refractivity contribution in [3.63, 3.8) is 0 Å². The predicted molar refractivity (Wildman–Crippen MR) is 53.2 cm³/mol. The van der Waals surface area contributed by atoms with Crippen LogP contribution < -0.4 is 6.15 Å². The molecule has 0 saturated carbocycles. The van der Waals surface area contributed by atoms with Gasteiger partial charge in [-0.05, 0) is 0 Å². The van der Waals surface area contributed by atoms with Crippen molar-refractivity contribution in [1.29, 1.82) is 0 Å². The Balaban J connectivity index is -0.0000000369. The molecule has 0 aliphatic rings. The van der Waals surface area contributed by atoms with Crippen LogP contribution in [-0.4, -0.2) is 39.1 Å². The molecule has 0 amide bonds. The van der Waals surface area contributed by atoms with E-state index >= 15 is 0 Å². The summed E-state index contributed by atoms with van der Waals surface area (Å²) in [6, 6.07) is 0. The third kappa shape index (κ3) is 1980000. The normalized spacial score (nSPS) is 6.12. The van der Waals surface area contributed by atoms with Gasteiger partial charge >= 0.3 is 33.0 Å². The smallest absolute Gasteiger partial charge is 0.344 e. The Hall–Kier alpha value is 0.0400. The first-order chi connectivity index (χ1) is 6.93. The Labute approximate surface area is 97.4 Å². The van der Waals surface area contributed by atoms with E-state index in [4.69, 9.17) is 57.4 Å². The van der Waals surface area contributed by atoms with Gasteiger partial charge in [0.15, 0.2) is 0 Å². The molecule has 0 aromatic rings. The Morgan fingerprint density at radius 1 is 0.412 bits per heavy atom. The third-order valence-corrected chi connectivity index (χ3v) is 0. The van der Waals surface area contributed by atoms with Crippen LogP contribution in [0.25, 0.3) is 0 Å². The minimum Gasteiger partial charge on any atom is -0.344 e. The largest absolute Gasteiger partial charge is 0.692 e. The van der Waals surface area contributed by atoms with Crippen LogP contribution in [-0.2, 0) is 18.3 Å². The molecule has 0 aliphatic carbocycles. The number of hydrogen-bond donors (Lipinski definition) is 9. The second-order valence-electron chi connectivity index (χ2n) is 1.01. The molecule has 104 valence electrons. The van der Waals surface area contributed by atoms with Crippen molar-refractivity contribution in [3.05, 3.63) is 0 Å². The van der Waals surface area contributed by atoms with Crippen LogP contribution in [0.2, 0.25) is 0 Å². The monoisotopic (exact) mass is 341 g/mol. The minimum atomic E-state index is -2.87. The summed E-state index contributed by atoms with van der Waals surface area (Å²) < 4.78 is 34.8. The molecule has 0 atom stereocenters. The molecular formula is H11NO12P4+4. The van der Waals surface area contributed by atoms with Crippen LogP contribution in [0.3, 0.4) is 0 Å². The van der Waals surface area contributed by atoms with Gasteiger partial charge in [0, 0.05) is 18.3 Å². The Morgan fingerprint density at radius 2 is 0.412 bits per heavy atom. The first-order valence-corrected chi connectivity index (χ1v) is 6.99. The highest BCUT2D eigenvalue weighted by Crippen LogP contribution is 1.99. The second-order valence-corrected chi connectivity index (χ2v) is 3.03. The quantitative estimate of drug-likeness (QED) is 0.231. The van der Waals surface area contributed by atoms with Crippen molar-refractivity contribution in [2.24, 2.45) is 0 Å². The molecule has 17 heteroatoms. The zero-order valence-corrected chi connectivity index (χ0v) is 11.3. The standard InChI is InChI=1S/H3N.4HO3P/c;4*1-4(2)3/h1H3;4*(H-,1,2,3)/p+4. The maximum absolute atomic E-state index is 8.70. The molecule has 0 aromatic carbocycles. The van der Waals surface area contributed by atoms with Crippen LogP contribution in [0.4, 0.5) is 0 Å². The van der Waals surface area contributed by atoms with Gasteiger partial charge in [-0.3, -0.25) is 0 Å². The summed E-state index contributed by atoms with van der Waals surface area (Å²) in [6.07, 6.45) is 0. The lowest BCUT2D eigenvalue weighted by molar-refractivity contribution is 0.403. The van der Waals surface area contributed by atoms with Crippen LogP contribution in [0.1, 0.15) is 0 Å². The van der Waals surface area contributed by atoms with Gasteiger partial charge in [-0.15, -0.1) is 39.1 Å². The van der Waals surface area contributed by atoms with Gasteiger partial charge in [0.05, 0.1) is 0 Å². The first-order valence-electron chi connectivity index (χ1n) is 2.33. The van der Waals surface area contributed by atoms with E-state index in [1.54, 1.807) is 0 Å². The summed E-state index contributed by atoms with van der Waals surface area (Å²) in [5.74, 6) is 0. The van der Waals surface area contributed by atoms with Crippen LogP contribution >= 0.6 is 33.0 Å². The SMILES string of the molecule is N.O=[P+](O)O.O=[P+](O)O.O=[P+](O)O.O=[P+](O)O. The molecule has 0 fully saturated rings. The molecule has 0 saturated heterocycles. The van der Waals surface area contributed by atoms with Crippen molar-refractivity contribution < 1.29 is 57.4 Å². The molecule has 0 spiro atoms. The maximum atomic E-state index is 8.70. The molecule has 0 radical (unpaired) electrons. The molecule has 0 unspecified atom stereocenters. The lowest BCUT2D eigenvalue weighted by Gasteiger charge is -1.34. The van der Waals surface area contributed by atoms with Crippen LogP contribution in [0.5, 0.6) is 0 Å². The molecule has 0 heterocycles. The van der Waals surface area contributed by atoms with Crippen molar-refractivity contribution in [2.75, 3.05) is 0 Å². The molecule has 0 aromatic heterocycles. The lowest BCUT2D eigenvalue weighted by atomic mass is 14.0. The highest BCUT2D eigenvalue weighted by Gasteiger charge is 1.94. The predicted octanol–water partition coefficient (Wildman–Crippen LogP) is -1.32. The van der Waals surface area contributed by atoms with Crippen LogP contribution in [0.15, 0.2) is 0 Å². The highest BCUT2D eigenvalue weighted by atomic mass is 31.1. The van der Waals surface area contributed by atoms with Gasteiger partial charge in [0.25, 0.3) is 0 Å². The van der Waals surface area contributed by atoms with Crippen molar-refractivity contribution in [1.82, 2.24) is 6.15 Å². The van der Waals surface area contributed by atoms with E-state index in [-0.39, 0.29) is 6.15 Å². The van der Waals surface area contributed by atoms with Gasteiger partial charge in [-0.2, -0.15) is 0 Å². The Bertz CT molecular complexity index is 159. The minimum absolute atomic E-state index is 0. The van der Waals surface area contributed by atoms with Gasteiger partial charge in [0.1, 0.15) is 0 Å². The van der Waals surface area contributed by atoms with E-state index in [1.165, 1.54) is 0 Å². The first kappa shape index (κ1) is 30.2. The molecule has 0 aliphatic heterocycles. The van der Waals surface area contributed by atoms with E-state index < -0.39 is 33.0 Å². The van der Waals surface area contributed by atoms with Crippen molar-refractivity contribution in [3.8, 4) is 0 Å². The van der Waals surface area contributed by atoms with E-state index in [0.717, 1.165) is 0 Å².